The van der Waals surface area contributed by atoms with Crippen LogP contribution in [0.4, 0.5) is 5.69 Å². The number of hydrogen-bond acceptors (Lipinski definition) is 4. The van der Waals surface area contributed by atoms with Gasteiger partial charge in [0.05, 0.1) is 29.8 Å². The monoisotopic (exact) mass is 435 g/mol. The van der Waals surface area contributed by atoms with Crippen LogP contribution in [0.5, 0.6) is 0 Å². The van der Waals surface area contributed by atoms with Crippen LogP contribution < -0.4 is 5.32 Å². The first-order valence-corrected chi connectivity index (χ1v) is 11.7. The number of nitrogens with zero attached hydrogens (tertiary/aromatic N) is 2. The van der Waals surface area contributed by atoms with Crippen molar-refractivity contribution in [2.75, 3.05) is 11.9 Å². The number of rotatable bonds is 7. The molecule has 5 nitrogen and oxygen atoms in total. The molecule has 1 aromatic heterocycles. The molecule has 1 amide bonds. The van der Waals surface area contributed by atoms with Crippen LogP contribution in [-0.2, 0) is 16.1 Å². The lowest BCUT2D eigenvalue weighted by Gasteiger charge is -2.18. The molecule has 1 fully saturated rings. The Kier molecular flexibility index (Phi) is 6.78. The zero-order valence-electron chi connectivity index (χ0n) is 18.3. The first-order chi connectivity index (χ1) is 15.0. The summed E-state index contributed by atoms with van der Waals surface area (Å²) in [4.78, 5) is 17.6. The average molecular weight is 436 g/mol. The van der Waals surface area contributed by atoms with E-state index in [-0.39, 0.29) is 17.3 Å². The maximum Gasteiger partial charge on any atom is 0.237 e. The van der Waals surface area contributed by atoms with Crippen LogP contribution in [0.3, 0.4) is 0 Å². The first kappa shape index (κ1) is 21.7. The van der Waals surface area contributed by atoms with E-state index in [4.69, 9.17) is 4.74 Å². The summed E-state index contributed by atoms with van der Waals surface area (Å²) in [6.45, 7) is 7.53. The summed E-state index contributed by atoms with van der Waals surface area (Å²) in [6, 6.07) is 16.3. The molecule has 2 heterocycles. The van der Waals surface area contributed by atoms with Gasteiger partial charge in [-0.3, -0.25) is 4.79 Å². The highest BCUT2D eigenvalue weighted by molar-refractivity contribution is 8.00. The van der Waals surface area contributed by atoms with E-state index in [1.165, 1.54) is 11.8 Å². The Morgan fingerprint density at radius 2 is 1.94 bits per heavy atom. The van der Waals surface area contributed by atoms with Gasteiger partial charge < -0.3 is 14.6 Å². The van der Waals surface area contributed by atoms with Crippen LogP contribution in [0, 0.1) is 13.8 Å². The molecule has 2 atom stereocenters. The minimum absolute atomic E-state index is 0.0182. The van der Waals surface area contributed by atoms with Gasteiger partial charge in [0, 0.05) is 12.3 Å². The van der Waals surface area contributed by atoms with Crippen molar-refractivity contribution >= 4 is 23.4 Å². The number of aromatic nitrogens is 2. The minimum atomic E-state index is -0.284. The number of hydrogen-bond donors (Lipinski definition) is 1. The maximum absolute atomic E-state index is 13.0. The van der Waals surface area contributed by atoms with E-state index >= 15 is 0 Å². The molecular weight excluding hydrogens is 406 g/mol. The average Bonchev–Trinajstić information content (AvgIpc) is 3.42. The highest BCUT2D eigenvalue weighted by atomic mass is 32.2. The Hall–Kier alpha value is -2.57. The van der Waals surface area contributed by atoms with Crippen molar-refractivity contribution in [2.24, 2.45) is 0 Å². The standard InChI is InChI=1S/C25H29N3O2S/c1-17-9-7-10-18(2)23(17)27-24(29)19(3)31-25-26-15-22(20-11-5-4-6-12-20)28(25)16-21-13-8-14-30-21/h4-7,9-12,15,19,21H,8,13-14,16H2,1-3H3,(H,27,29)/t19-,21+/m1/s1. The van der Waals surface area contributed by atoms with E-state index in [0.717, 1.165) is 59.2 Å². The summed E-state index contributed by atoms with van der Waals surface area (Å²) in [5.74, 6) is -0.0182. The third kappa shape index (κ3) is 5.02. The van der Waals surface area contributed by atoms with Crippen molar-refractivity contribution in [1.29, 1.82) is 0 Å². The predicted octanol–water partition coefficient (Wildman–Crippen LogP) is 5.47. The van der Waals surface area contributed by atoms with Crippen LogP contribution in [0.2, 0.25) is 0 Å². The van der Waals surface area contributed by atoms with Gasteiger partial charge >= 0.3 is 0 Å². The summed E-state index contributed by atoms with van der Waals surface area (Å²) in [7, 11) is 0. The van der Waals surface area contributed by atoms with Gasteiger partial charge in [-0.05, 0) is 50.3 Å². The fourth-order valence-electron chi connectivity index (χ4n) is 3.91. The van der Waals surface area contributed by atoms with E-state index in [9.17, 15) is 4.79 Å². The molecule has 162 valence electrons. The second kappa shape index (κ2) is 9.71. The van der Waals surface area contributed by atoms with Crippen molar-refractivity contribution in [2.45, 2.75) is 56.7 Å². The number of amides is 1. The second-order valence-corrected chi connectivity index (χ2v) is 9.36. The molecule has 0 spiro atoms. The van der Waals surface area contributed by atoms with E-state index < -0.39 is 0 Å². The number of anilines is 1. The van der Waals surface area contributed by atoms with Crippen molar-refractivity contribution in [3.05, 3.63) is 65.9 Å². The molecule has 3 aromatic rings. The largest absolute Gasteiger partial charge is 0.376 e. The van der Waals surface area contributed by atoms with Crippen molar-refractivity contribution < 1.29 is 9.53 Å². The molecule has 1 aliphatic rings. The Bertz CT molecular complexity index is 1020. The second-order valence-electron chi connectivity index (χ2n) is 8.05. The van der Waals surface area contributed by atoms with Gasteiger partial charge in [0.2, 0.25) is 5.91 Å². The van der Waals surface area contributed by atoms with Crippen LogP contribution in [-0.4, -0.2) is 33.4 Å². The van der Waals surface area contributed by atoms with Crippen LogP contribution in [0.25, 0.3) is 11.3 Å². The number of imidazole rings is 1. The predicted molar refractivity (Wildman–Crippen MR) is 127 cm³/mol. The molecule has 1 aliphatic heterocycles. The molecule has 1 N–H and O–H groups in total. The van der Waals surface area contributed by atoms with E-state index in [1.54, 1.807) is 0 Å². The van der Waals surface area contributed by atoms with Crippen LogP contribution >= 0.6 is 11.8 Å². The number of carbonyl (C=O) groups excluding carboxylic acids is 1. The summed E-state index contributed by atoms with van der Waals surface area (Å²) < 4.78 is 8.10. The van der Waals surface area contributed by atoms with Gasteiger partial charge in [0.15, 0.2) is 5.16 Å². The number of thioether (sulfide) groups is 1. The Morgan fingerprint density at radius 3 is 2.61 bits per heavy atom. The van der Waals surface area contributed by atoms with Gasteiger partial charge in [0.1, 0.15) is 0 Å². The van der Waals surface area contributed by atoms with Crippen LogP contribution in [0.15, 0.2) is 59.9 Å². The lowest BCUT2D eigenvalue weighted by atomic mass is 10.1. The zero-order chi connectivity index (χ0) is 21.8. The SMILES string of the molecule is Cc1cccc(C)c1NC(=O)[C@@H](C)Sc1ncc(-c2ccccc2)n1C[C@@H]1CCCO1. The molecule has 0 saturated carbocycles. The molecule has 0 radical (unpaired) electrons. The summed E-state index contributed by atoms with van der Waals surface area (Å²) in [5, 5.41) is 3.67. The first-order valence-electron chi connectivity index (χ1n) is 10.8. The normalized spacial score (nSPS) is 16.9. The lowest BCUT2D eigenvalue weighted by molar-refractivity contribution is -0.115. The lowest BCUT2D eigenvalue weighted by Crippen LogP contribution is -2.24. The third-order valence-electron chi connectivity index (χ3n) is 5.68. The smallest absolute Gasteiger partial charge is 0.237 e. The van der Waals surface area contributed by atoms with Gasteiger partial charge in [0.25, 0.3) is 0 Å². The molecule has 2 aromatic carbocycles. The van der Waals surface area contributed by atoms with E-state index in [2.05, 4.69) is 27.0 Å². The molecule has 0 aliphatic carbocycles. The number of para-hydroxylation sites is 1. The summed E-state index contributed by atoms with van der Waals surface area (Å²) in [6.07, 6.45) is 4.24. The Balaban J connectivity index is 1.55. The molecule has 1 saturated heterocycles. The quantitative estimate of drug-likeness (QED) is 0.500. The number of benzene rings is 2. The van der Waals surface area contributed by atoms with Crippen molar-refractivity contribution in [3.8, 4) is 11.3 Å². The highest BCUT2D eigenvalue weighted by Crippen LogP contribution is 2.31. The fraction of sp³-hybridized carbons (Fsp3) is 0.360. The number of aryl methyl sites for hydroxylation is 2. The molecule has 0 unspecified atom stereocenters. The Morgan fingerprint density at radius 1 is 1.19 bits per heavy atom. The topological polar surface area (TPSA) is 56.2 Å². The molecule has 31 heavy (non-hydrogen) atoms. The van der Waals surface area contributed by atoms with Gasteiger partial charge in [-0.1, -0.05) is 60.3 Å². The highest BCUT2D eigenvalue weighted by Gasteiger charge is 2.24. The molecule has 6 heteroatoms. The number of nitrogens with one attached hydrogen (secondary N) is 1. The third-order valence-corrected chi connectivity index (χ3v) is 6.78. The van der Waals surface area contributed by atoms with E-state index in [0.29, 0.717) is 0 Å². The van der Waals surface area contributed by atoms with E-state index in [1.807, 2.05) is 63.4 Å². The number of carbonyl (C=O) groups is 1. The molecule has 0 bridgehead atoms. The van der Waals surface area contributed by atoms with Crippen molar-refractivity contribution in [3.63, 3.8) is 0 Å². The maximum atomic E-state index is 13.0. The van der Waals surface area contributed by atoms with Crippen molar-refractivity contribution in [1.82, 2.24) is 9.55 Å². The zero-order valence-corrected chi connectivity index (χ0v) is 19.1. The van der Waals surface area contributed by atoms with Crippen LogP contribution in [0.1, 0.15) is 30.9 Å². The number of ether oxygens (including phenoxy) is 1. The molecule has 4 rings (SSSR count). The van der Waals surface area contributed by atoms with Gasteiger partial charge in [-0.25, -0.2) is 4.98 Å². The minimum Gasteiger partial charge on any atom is -0.376 e. The van der Waals surface area contributed by atoms with Gasteiger partial charge in [-0.2, -0.15) is 0 Å². The van der Waals surface area contributed by atoms with Gasteiger partial charge in [-0.15, -0.1) is 0 Å². The summed E-state index contributed by atoms with van der Waals surface area (Å²) in [5.41, 5.74) is 5.20. The summed E-state index contributed by atoms with van der Waals surface area (Å²) >= 11 is 1.49. The fourth-order valence-corrected chi connectivity index (χ4v) is 4.80. The Labute approximate surface area is 188 Å². The molecular formula is C25H29N3O2S.